The predicted molar refractivity (Wildman–Crippen MR) is 125 cm³/mol. The number of anilines is 1. The van der Waals surface area contributed by atoms with Gasteiger partial charge in [0, 0.05) is 36.0 Å². The molecule has 10 nitrogen and oxygen atoms in total. The van der Waals surface area contributed by atoms with E-state index in [0.29, 0.717) is 31.0 Å². The molecule has 2 fully saturated rings. The van der Waals surface area contributed by atoms with Crippen molar-refractivity contribution in [1.82, 2.24) is 20.5 Å². The first-order valence-electron chi connectivity index (χ1n) is 11.8. The summed E-state index contributed by atoms with van der Waals surface area (Å²) in [7, 11) is 1.53. The van der Waals surface area contributed by atoms with Crippen molar-refractivity contribution in [1.29, 1.82) is 0 Å². The van der Waals surface area contributed by atoms with Gasteiger partial charge in [-0.25, -0.2) is 9.78 Å². The highest BCUT2D eigenvalue weighted by Gasteiger charge is 2.32. The highest BCUT2D eigenvalue weighted by Crippen LogP contribution is 2.36. The van der Waals surface area contributed by atoms with E-state index in [1.807, 2.05) is 13.0 Å². The minimum atomic E-state index is -0.629. The number of hydrogen-bond acceptors (Lipinski definition) is 7. The smallest absolute Gasteiger partial charge is 0.407 e. The van der Waals surface area contributed by atoms with E-state index in [0.717, 1.165) is 36.9 Å². The van der Waals surface area contributed by atoms with Crippen LogP contribution in [0.3, 0.4) is 0 Å². The minimum Gasteiger partial charge on any atom is -0.481 e. The second-order valence-electron chi connectivity index (χ2n) is 9.59. The number of carbonyl (C=O) groups excluding carboxylic acids is 2. The molecule has 0 aliphatic heterocycles. The molecule has 2 heterocycles. The van der Waals surface area contributed by atoms with Crippen LogP contribution in [0, 0.1) is 0 Å². The average Bonchev–Trinajstić information content (AvgIpc) is 3.45. The lowest BCUT2D eigenvalue weighted by molar-refractivity contribution is -0.115. The Morgan fingerprint density at radius 2 is 2.03 bits per heavy atom. The van der Waals surface area contributed by atoms with Crippen LogP contribution >= 0.6 is 0 Å². The van der Waals surface area contributed by atoms with E-state index in [-0.39, 0.29) is 36.5 Å². The van der Waals surface area contributed by atoms with Gasteiger partial charge in [-0.2, -0.15) is 5.10 Å². The largest absolute Gasteiger partial charge is 0.481 e. The third kappa shape index (κ3) is 6.47. The Balaban J connectivity index is 1.22. The topological polar surface area (TPSA) is 138 Å². The summed E-state index contributed by atoms with van der Waals surface area (Å²) in [5.74, 6) is 0.937. The summed E-state index contributed by atoms with van der Waals surface area (Å²) < 4.78 is 10.7. The maximum absolute atomic E-state index is 12.4. The van der Waals surface area contributed by atoms with Gasteiger partial charge in [0.1, 0.15) is 6.10 Å². The van der Waals surface area contributed by atoms with E-state index in [9.17, 15) is 14.7 Å². The minimum absolute atomic E-state index is 0.0527. The number of amides is 2. The van der Waals surface area contributed by atoms with E-state index in [1.165, 1.54) is 7.11 Å². The van der Waals surface area contributed by atoms with Gasteiger partial charge in [-0.1, -0.05) is 0 Å². The van der Waals surface area contributed by atoms with E-state index in [1.54, 1.807) is 18.3 Å². The molecule has 0 bridgehead atoms. The molecular formula is C24H33N5O5. The number of pyridine rings is 1. The number of aromatic nitrogens is 3. The van der Waals surface area contributed by atoms with Gasteiger partial charge in [0.15, 0.2) is 5.82 Å². The number of carbonyl (C=O) groups is 2. The lowest BCUT2D eigenvalue weighted by Crippen LogP contribution is -2.43. The zero-order chi connectivity index (χ0) is 24.1. The lowest BCUT2D eigenvalue weighted by Gasteiger charge is -2.33. The van der Waals surface area contributed by atoms with Crippen LogP contribution in [0.5, 0.6) is 5.88 Å². The zero-order valence-corrected chi connectivity index (χ0v) is 19.7. The lowest BCUT2D eigenvalue weighted by atomic mass is 9.84. The van der Waals surface area contributed by atoms with Crippen LogP contribution in [0.4, 0.5) is 10.6 Å². The molecule has 2 amide bonds. The van der Waals surface area contributed by atoms with E-state index in [4.69, 9.17) is 9.47 Å². The summed E-state index contributed by atoms with van der Waals surface area (Å²) in [6, 6.07) is 5.39. The van der Waals surface area contributed by atoms with Crippen LogP contribution in [0.2, 0.25) is 0 Å². The third-order valence-electron chi connectivity index (χ3n) is 6.72. The Hall–Kier alpha value is -3.14. The van der Waals surface area contributed by atoms with E-state index < -0.39 is 5.60 Å². The number of rotatable bonds is 7. The van der Waals surface area contributed by atoms with Crippen molar-refractivity contribution >= 4 is 17.8 Å². The van der Waals surface area contributed by atoms with Crippen LogP contribution in [-0.4, -0.2) is 57.1 Å². The van der Waals surface area contributed by atoms with Crippen LogP contribution in [0.25, 0.3) is 0 Å². The normalized spacial score (nSPS) is 26.6. The number of nitrogens with one attached hydrogen (secondary N) is 3. The molecule has 2 atom stereocenters. The highest BCUT2D eigenvalue weighted by atomic mass is 16.6. The van der Waals surface area contributed by atoms with Crippen molar-refractivity contribution in [3.05, 3.63) is 35.7 Å². The first-order chi connectivity index (χ1) is 16.3. The molecule has 2 aliphatic rings. The number of methoxy groups -OCH3 is 1. The molecule has 10 heteroatoms. The van der Waals surface area contributed by atoms with Crippen molar-refractivity contribution in [2.45, 2.75) is 82.0 Å². The SMILES string of the molecule is COc1cc(CC(=O)Nc2cc([C@@H]3CC[C@H](OC(=O)NC4CCC(C)(O)CC4)C3)[nH]n2)ccn1. The predicted octanol–water partition coefficient (Wildman–Crippen LogP) is 3.05. The average molecular weight is 472 g/mol. The second-order valence-corrected chi connectivity index (χ2v) is 9.59. The van der Waals surface area contributed by atoms with Gasteiger partial charge in [-0.3, -0.25) is 9.89 Å². The van der Waals surface area contributed by atoms with Gasteiger partial charge >= 0.3 is 6.09 Å². The van der Waals surface area contributed by atoms with E-state index >= 15 is 0 Å². The number of H-pyrrole nitrogens is 1. The van der Waals surface area contributed by atoms with Gasteiger partial charge in [0.05, 0.1) is 19.1 Å². The monoisotopic (exact) mass is 471 g/mol. The fraction of sp³-hybridized carbons (Fsp3) is 0.583. The fourth-order valence-corrected chi connectivity index (χ4v) is 4.72. The van der Waals surface area contributed by atoms with Crippen molar-refractivity contribution in [3.63, 3.8) is 0 Å². The number of ether oxygens (including phenoxy) is 2. The third-order valence-corrected chi connectivity index (χ3v) is 6.72. The fourth-order valence-electron chi connectivity index (χ4n) is 4.72. The molecule has 4 N–H and O–H groups in total. The van der Waals surface area contributed by atoms with Crippen molar-refractivity contribution < 1.29 is 24.2 Å². The number of aliphatic hydroxyl groups is 1. The molecule has 2 aromatic heterocycles. The van der Waals surface area contributed by atoms with E-state index in [2.05, 4.69) is 25.8 Å². The molecular weight excluding hydrogens is 438 g/mol. The summed E-state index contributed by atoms with van der Waals surface area (Å²) in [5, 5.41) is 23.0. The maximum atomic E-state index is 12.4. The van der Waals surface area contributed by atoms with Crippen LogP contribution in [-0.2, 0) is 16.0 Å². The van der Waals surface area contributed by atoms with Gasteiger partial charge in [-0.05, 0) is 63.5 Å². The number of hydrogen-bond donors (Lipinski definition) is 4. The van der Waals surface area contributed by atoms with Crippen LogP contribution in [0.15, 0.2) is 24.4 Å². The molecule has 34 heavy (non-hydrogen) atoms. The summed E-state index contributed by atoms with van der Waals surface area (Å²) >= 11 is 0. The molecule has 0 saturated heterocycles. The van der Waals surface area contributed by atoms with Crippen LogP contribution < -0.4 is 15.4 Å². The molecule has 184 valence electrons. The second kappa shape index (κ2) is 10.4. The standard InChI is InChI=1S/C24H33N5O5/c1-24(32)8-5-17(6-9-24)26-23(31)34-18-4-3-16(13-18)19-14-20(29-28-19)27-21(30)11-15-7-10-25-22(12-15)33-2/h7,10,12,14,16-18,32H,3-6,8-9,11,13H2,1-2H3,(H,26,31)(H2,27,28,29,30)/t16-,17?,18+,24?/m1/s1. The Morgan fingerprint density at radius 1 is 1.24 bits per heavy atom. The molecule has 2 saturated carbocycles. The summed E-state index contributed by atoms with van der Waals surface area (Å²) in [5.41, 5.74) is 1.09. The van der Waals surface area contributed by atoms with Gasteiger partial charge in [0.25, 0.3) is 0 Å². The number of aromatic amines is 1. The van der Waals surface area contributed by atoms with Crippen molar-refractivity contribution in [2.75, 3.05) is 12.4 Å². The van der Waals surface area contributed by atoms with Crippen molar-refractivity contribution in [3.8, 4) is 5.88 Å². The number of nitrogens with zero attached hydrogens (tertiary/aromatic N) is 2. The molecule has 2 aliphatic carbocycles. The highest BCUT2D eigenvalue weighted by molar-refractivity contribution is 5.91. The van der Waals surface area contributed by atoms with Gasteiger partial charge in [0.2, 0.25) is 11.8 Å². The molecule has 0 radical (unpaired) electrons. The number of alkyl carbamates (subject to hydrolysis) is 1. The van der Waals surface area contributed by atoms with Crippen molar-refractivity contribution in [2.24, 2.45) is 0 Å². The molecule has 4 rings (SSSR count). The molecule has 0 spiro atoms. The Bertz CT molecular complexity index is 997. The quantitative estimate of drug-likeness (QED) is 0.487. The summed E-state index contributed by atoms with van der Waals surface area (Å²) in [6.07, 6.45) is 6.48. The van der Waals surface area contributed by atoms with Gasteiger partial charge in [-0.15, -0.1) is 0 Å². The summed E-state index contributed by atoms with van der Waals surface area (Å²) in [4.78, 5) is 28.7. The van der Waals surface area contributed by atoms with Gasteiger partial charge < -0.3 is 25.2 Å². The molecule has 0 aromatic carbocycles. The molecule has 0 unspecified atom stereocenters. The Kier molecular flexibility index (Phi) is 7.35. The summed E-state index contributed by atoms with van der Waals surface area (Å²) in [6.45, 7) is 1.84. The Labute approximate surface area is 198 Å². The zero-order valence-electron chi connectivity index (χ0n) is 19.7. The first-order valence-corrected chi connectivity index (χ1v) is 11.8. The van der Waals surface area contributed by atoms with Crippen LogP contribution in [0.1, 0.15) is 69.0 Å². The first kappa shape index (κ1) is 24.0. The molecule has 2 aromatic rings. The Morgan fingerprint density at radius 3 is 2.79 bits per heavy atom. The maximum Gasteiger partial charge on any atom is 0.407 e.